The van der Waals surface area contributed by atoms with Gasteiger partial charge in [0.2, 0.25) is 0 Å². The number of carbonyl (C=O) groups excluding carboxylic acids is 1. The van der Waals surface area contributed by atoms with E-state index in [2.05, 4.69) is 10.3 Å². The molecule has 0 aromatic carbocycles. The number of carboxylic acid groups (broad SMARTS) is 1. The quantitative estimate of drug-likeness (QED) is 0.854. The van der Waals surface area contributed by atoms with Crippen LogP contribution in [0, 0.1) is 0 Å². The van der Waals surface area contributed by atoms with Crippen molar-refractivity contribution >= 4 is 17.7 Å². The number of aromatic nitrogens is 1. The van der Waals surface area contributed by atoms with Gasteiger partial charge in [-0.05, 0) is 19.9 Å². The van der Waals surface area contributed by atoms with Crippen LogP contribution in [0.25, 0.3) is 0 Å². The van der Waals surface area contributed by atoms with E-state index in [4.69, 9.17) is 9.84 Å². The fraction of sp³-hybridized carbons (Fsp3) is 0.462. The highest BCUT2D eigenvalue weighted by Gasteiger charge is 2.30. The van der Waals surface area contributed by atoms with Gasteiger partial charge in [0, 0.05) is 12.7 Å². The van der Waals surface area contributed by atoms with Crippen molar-refractivity contribution < 1.29 is 19.4 Å². The molecule has 2 heterocycles. The van der Waals surface area contributed by atoms with Gasteiger partial charge in [-0.1, -0.05) is 0 Å². The van der Waals surface area contributed by atoms with Crippen molar-refractivity contribution in [2.24, 2.45) is 0 Å². The molecule has 0 aliphatic carbocycles. The molecule has 0 saturated carbocycles. The predicted octanol–water partition coefficient (Wildman–Crippen LogP) is 1.42. The largest absolute Gasteiger partial charge is 0.478 e. The average Bonchev–Trinajstić information content (AvgIpc) is 2.37. The van der Waals surface area contributed by atoms with Crippen molar-refractivity contribution in [2.75, 3.05) is 25.0 Å². The molecule has 0 bridgehead atoms. The first-order chi connectivity index (χ1) is 9.37. The molecule has 1 aromatic heterocycles. The summed E-state index contributed by atoms with van der Waals surface area (Å²) in [6.45, 7) is 5.29. The number of nitrogens with one attached hydrogen (secondary N) is 1. The van der Waals surface area contributed by atoms with Crippen LogP contribution in [0.4, 0.5) is 10.5 Å². The van der Waals surface area contributed by atoms with E-state index in [0.717, 1.165) is 0 Å². The molecule has 108 valence electrons. The van der Waals surface area contributed by atoms with Crippen molar-refractivity contribution in [3.63, 3.8) is 0 Å². The maximum Gasteiger partial charge on any atom is 0.337 e. The molecule has 1 saturated heterocycles. The second-order valence-corrected chi connectivity index (χ2v) is 5.23. The third kappa shape index (κ3) is 3.45. The van der Waals surface area contributed by atoms with Gasteiger partial charge >= 0.3 is 12.0 Å². The normalized spacial score (nSPS) is 17.6. The number of carboxylic acids is 1. The highest BCUT2D eigenvalue weighted by atomic mass is 16.5. The minimum atomic E-state index is -1.08. The fourth-order valence-electron chi connectivity index (χ4n) is 2.02. The Hall–Kier alpha value is -2.15. The van der Waals surface area contributed by atoms with E-state index in [9.17, 15) is 9.59 Å². The van der Waals surface area contributed by atoms with Crippen LogP contribution in [0.5, 0.6) is 0 Å². The first-order valence-electron chi connectivity index (χ1n) is 6.26. The summed E-state index contributed by atoms with van der Waals surface area (Å²) in [5, 5.41) is 11.5. The molecule has 0 unspecified atom stereocenters. The molecule has 7 heteroatoms. The van der Waals surface area contributed by atoms with Gasteiger partial charge in [0.05, 0.1) is 36.2 Å². The van der Waals surface area contributed by atoms with Crippen molar-refractivity contribution in [1.82, 2.24) is 9.88 Å². The standard InChI is InChI=1S/C13H17N3O4/c1-13(2)8-16(3-4-20-13)12(19)15-10-5-9(11(17)18)6-14-7-10/h5-7H,3-4,8H2,1-2H3,(H,15,19)(H,17,18). The zero-order chi connectivity index (χ0) is 14.8. The summed E-state index contributed by atoms with van der Waals surface area (Å²) in [6.07, 6.45) is 2.64. The van der Waals surface area contributed by atoms with E-state index in [0.29, 0.717) is 25.4 Å². The first kappa shape index (κ1) is 14.3. The highest BCUT2D eigenvalue weighted by Crippen LogP contribution is 2.17. The van der Waals surface area contributed by atoms with Crippen LogP contribution in [0.3, 0.4) is 0 Å². The van der Waals surface area contributed by atoms with E-state index < -0.39 is 5.97 Å². The molecule has 1 fully saturated rings. The number of hydrogen-bond donors (Lipinski definition) is 2. The van der Waals surface area contributed by atoms with E-state index in [1.807, 2.05) is 13.8 Å². The molecule has 2 amide bonds. The number of carbonyl (C=O) groups is 2. The summed E-state index contributed by atoms with van der Waals surface area (Å²) < 4.78 is 5.53. The van der Waals surface area contributed by atoms with Crippen molar-refractivity contribution in [3.05, 3.63) is 24.0 Å². The summed E-state index contributed by atoms with van der Waals surface area (Å²) in [6, 6.07) is 1.09. The number of hydrogen-bond acceptors (Lipinski definition) is 4. The minimum Gasteiger partial charge on any atom is -0.478 e. The van der Waals surface area contributed by atoms with Gasteiger partial charge in [-0.2, -0.15) is 0 Å². The Morgan fingerprint density at radius 3 is 2.85 bits per heavy atom. The van der Waals surface area contributed by atoms with Crippen molar-refractivity contribution in [2.45, 2.75) is 19.4 Å². The lowest BCUT2D eigenvalue weighted by Gasteiger charge is -2.38. The minimum absolute atomic E-state index is 0.0325. The molecular weight excluding hydrogens is 262 g/mol. The third-order valence-corrected chi connectivity index (χ3v) is 2.95. The third-order valence-electron chi connectivity index (χ3n) is 2.95. The molecule has 1 aromatic rings. The number of anilines is 1. The monoisotopic (exact) mass is 279 g/mol. The zero-order valence-electron chi connectivity index (χ0n) is 11.4. The molecule has 0 atom stereocenters. The van der Waals surface area contributed by atoms with Gasteiger partial charge < -0.3 is 20.1 Å². The molecule has 1 aliphatic heterocycles. The number of aromatic carboxylic acids is 1. The molecule has 2 N–H and O–H groups in total. The summed E-state index contributed by atoms with van der Waals surface area (Å²) in [5.41, 5.74) is 0.0147. The Balaban J connectivity index is 2.04. The number of urea groups is 1. The Morgan fingerprint density at radius 1 is 1.45 bits per heavy atom. The SMILES string of the molecule is CC1(C)CN(C(=O)Nc2cncc(C(=O)O)c2)CCO1. The van der Waals surface area contributed by atoms with E-state index in [1.165, 1.54) is 18.5 Å². The topological polar surface area (TPSA) is 91.8 Å². The fourth-order valence-corrected chi connectivity index (χ4v) is 2.02. The Morgan fingerprint density at radius 2 is 2.20 bits per heavy atom. The summed E-state index contributed by atoms with van der Waals surface area (Å²) in [7, 11) is 0. The van der Waals surface area contributed by atoms with Crippen LogP contribution >= 0.6 is 0 Å². The van der Waals surface area contributed by atoms with E-state index in [-0.39, 0.29) is 17.2 Å². The zero-order valence-corrected chi connectivity index (χ0v) is 11.4. The van der Waals surface area contributed by atoms with Gasteiger partial charge in [0.25, 0.3) is 0 Å². The second kappa shape index (κ2) is 5.46. The molecule has 1 aliphatic rings. The maximum absolute atomic E-state index is 12.1. The number of rotatable bonds is 2. The van der Waals surface area contributed by atoms with Crippen LogP contribution < -0.4 is 5.32 Å². The highest BCUT2D eigenvalue weighted by molar-refractivity contribution is 5.92. The Labute approximate surface area is 116 Å². The molecule has 20 heavy (non-hydrogen) atoms. The van der Waals surface area contributed by atoms with Crippen LogP contribution in [0.2, 0.25) is 0 Å². The van der Waals surface area contributed by atoms with E-state index in [1.54, 1.807) is 4.90 Å². The predicted molar refractivity (Wildman–Crippen MR) is 71.8 cm³/mol. The Bertz CT molecular complexity index is 530. The summed E-state index contributed by atoms with van der Waals surface area (Å²) in [5.74, 6) is -1.08. The maximum atomic E-state index is 12.1. The van der Waals surface area contributed by atoms with E-state index >= 15 is 0 Å². The molecule has 0 radical (unpaired) electrons. The van der Waals surface area contributed by atoms with Gasteiger partial charge in [-0.3, -0.25) is 4.98 Å². The number of morpholine rings is 1. The van der Waals surface area contributed by atoms with Crippen molar-refractivity contribution in [1.29, 1.82) is 0 Å². The lowest BCUT2D eigenvalue weighted by atomic mass is 10.1. The molecular formula is C13H17N3O4. The summed E-state index contributed by atoms with van der Waals surface area (Å²) in [4.78, 5) is 28.4. The molecule has 0 spiro atoms. The molecule has 2 rings (SSSR count). The van der Waals surface area contributed by atoms with Gasteiger partial charge in [0.1, 0.15) is 0 Å². The van der Waals surface area contributed by atoms with Crippen LogP contribution in [-0.4, -0.2) is 52.3 Å². The van der Waals surface area contributed by atoms with Gasteiger partial charge in [0.15, 0.2) is 0 Å². The number of ether oxygens (including phenoxy) is 1. The van der Waals surface area contributed by atoms with Crippen LogP contribution in [0.1, 0.15) is 24.2 Å². The first-order valence-corrected chi connectivity index (χ1v) is 6.26. The summed E-state index contributed by atoms with van der Waals surface area (Å²) >= 11 is 0. The lowest BCUT2D eigenvalue weighted by Crippen LogP contribution is -2.51. The number of pyridine rings is 1. The van der Waals surface area contributed by atoms with Crippen LogP contribution in [-0.2, 0) is 4.74 Å². The van der Waals surface area contributed by atoms with Gasteiger partial charge in [-0.15, -0.1) is 0 Å². The Kier molecular flexibility index (Phi) is 3.89. The number of nitrogens with zero attached hydrogens (tertiary/aromatic N) is 2. The van der Waals surface area contributed by atoms with Crippen LogP contribution in [0.15, 0.2) is 18.5 Å². The molecule has 7 nitrogen and oxygen atoms in total. The number of amides is 2. The lowest BCUT2D eigenvalue weighted by molar-refractivity contribution is -0.0720. The van der Waals surface area contributed by atoms with Crippen molar-refractivity contribution in [3.8, 4) is 0 Å². The van der Waals surface area contributed by atoms with Gasteiger partial charge in [-0.25, -0.2) is 9.59 Å². The average molecular weight is 279 g/mol. The smallest absolute Gasteiger partial charge is 0.337 e. The second-order valence-electron chi connectivity index (χ2n) is 5.23.